The average Bonchev–Trinajstić information content (AvgIpc) is 2.40. The molecule has 19 heavy (non-hydrogen) atoms. The molecule has 1 saturated heterocycles. The standard InChI is InChI=1S/C16H25FN2/c1-3-13-6-5-9-19(11-13)16-8-4-7-15(17)14(16)10-12(2)18/h4,7-8,12-13H,3,5-6,9-11,18H2,1-2H3. The summed E-state index contributed by atoms with van der Waals surface area (Å²) in [6.07, 6.45) is 4.31. The smallest absolute Gasteiger partial charge is 0.128 e. The number of anilines is 1. The van der Waals surface area contributed by atoms with Gasteiger partial charge in [0.25, 0.3) is 0 Å². The molecule has 2 rings (SSSR count). The van der Waals surface area contributed by atoms with E-state index in [1.54, 1.807) is 6.07 Å². The first kappa shape index (κ1) is 14.3. The van der Waals surface area contributed by atoms with Crippen LogP contribution in [0, 0.1) is 11.7 Å². The first-order valence-corrected chi connectivity index (χ1v) is 7.39. The molecule has 0 bridgehead atoms. The molecule has 2 N–H and O–H groups in total. The fourth-order valence-corrected chi connectivity index (χ4v) is 2.98. The van der Waals surface area contributed by atoms with Crippen molar-refractivity contribution in [1.29, 1.82) is 0 Å². The van der Waals surface area contributed by atoms with Gasteiger partial charge in [-0.15, -0.1) is 0 Å². The van der Waals surface area contributed by atoms with Gasteiger partial charge in [0.1, 0.15) is 5.82 Å². The zero-order valence-electron chi connectivity index (χ0n) is 12.0. The molecule has 0 radical (unpaired) electrons. The van der Waals surface area contributed by atoms with E-state index in [1.165, 1.54) is 19.3 Å². The minimum Gasteiger partial charge on any atom is -0.371 e. The molecule has 0 aromatic heterocycles. The molecule has 106 valence electrons. The maximum Gasteiger partial charge on any atom is 0.128 e. The third kappa shape index (κ3) is 3.47. The van der Waals surface area contributed by atoms with E-state index in [0.29, 0.717) is 6.42 Å². The molecule has 2 nitrogen and oxygen atoms in total. The molecule has 0 saturated carbocycles. The van der Waals surface area contributed by atoms with Gasteiger partial charge in [-0.25, -0.2) is 4.39 Å². The van der Waals surface area contributed by atoms with Crippen molar-refractivity contribution < 1.29 is 4.39 Å². The number of halogens is 1. The largest absolute Gasteiger partial charge is 0.371 e. The second-order valence-corrected chi connectivity index (χ2v) is 5.78. The van der Waals surface area contributed by atoms with Gasteiger partial charge >= 0.3 is 0 Å². The summed E-state index contributed by atoms with van der Waals surface area (Å²) in [6.45, 7) is 6.25. The molecule has 0 spiro atoms. The first-order valence-electron chi connectivity index (χ1n) is 7.39. The minimum absolute atomic E-state index is 0.0117. The Hall–Kier alpha value is -1.09. The highest BCUT2D eigenvalue weighted by molar-refractivity contribution is 5.55. The quantitative estimate of drug-likeness (QED) is 0.903. The number of benzene rings is 1. The van der Waals surface area contributed by atoms with E-state index in [-0.39, 0.29) is 11.9 Å². The number of hydrogen-bond acceptors (Lipinski definition) is 2. The summed E-state index contributed by atoms with van der Waals surface area (Å²) in [5.74, 6) is 0.619. The zero-order valence-corrected chi connectivity index (χ0v) is 12.0. The van der Waals surface area contributed by atoms with Gasteiger partial charge in [-0.2, -0.15) is 0 Å². The van der Waals surface area contributed by atoms with Gasteiger partial charge in [0.2, 0.25) is 0 Å². The molecule has 1 fully saturated rings. The third-order valence-corrected chi connectivity index (χ3v) is 4.06. The summed E-state index contributed by atoms with van der Waals surface area (Å²) in [7, 11) is 0. The van der Waals surface area contributed by atoms with Gasteiger partial charge < -0.3 is 10.6 Å². The van der Waals surface area contributed by atoms with E-state index in [2.05, 4.69) is 11.8 Å². The molecule has 2 atom stereocenters. The molecule has 1 aliphatic heterocycles. The van der Waals surface area contributed by atoms with Gasteiger partial charge in [0.15, 0.2) is 0 Å². The Balaban J connectivity index is 2.25. The van der Waals surface area contributed by atoms with Gasteiger partial charge in [0.05, 0.1) is 0 Å². The predicted molar refractivity (Wildman–Crippen MR) is 79.0 cm³/mol. The second-order valence-electron chi connectivity index (χ2n) is 5.78. The van der Waals surface area contributed by atoms with E-state index in [9.17, 15) is 4.39 Å². The molecule has 1 heterocycles. The highest BCUT2D eigenvalue weighted by Crippen LogP contribution is 2.29. The highest BCUT2D eigenvalue weighted by Gasteiger charge is 2.22. The molecule has 1 aliphatic rings. The predicted octanol–water partition coefficient (Wildman–Crippen LogP) is 3.34. The lowest BCUT2D eigenvalue weighted by Crippen LogP contribution is -2.36. The van der Waals surface area contributed by atoms with Crippen LogP contribution in [0.3, 0.4) is 0 Å². The van der Waals surface area contributed by atoms with Crippen molar-refractivity contribution in [2.45, 2.75) is 45.6 Å². The first-order chi connectivity index (χ1) is 9.11. The molecule has 3 heteroatoms. The van der Waals surface area contributed by atoms with Crippen molar-refractivity contribution in [2.75, 3.05) is 18.0 Å². The van der Waals surface area contributed by atoms with Gasteiger partial charge in [-0.05, 0) is 44.2 Å². The molecular formula is C16H25FN2. The Morgan fingerprint density at radius 2 is 2.26 bits per heavy atom. The molecule has 0 aliphatic carbocycles. The van der Waals surface area contributed by atoms with Crippen molar-refractivity contribution in [2.24, 2.45) is 11.7 Å². The molecule has 0 amide bonds. The van der Waals surface area contributed by atoms with Crippen molar-refractivity contribution in [3.63, 3.8) is 0 Å². The maximum atomic E-state index is 14.1. The summed E-state index contributed by atoms with van der Waals surface area (Å²) in [4.78, 5) is 2.35. The second kappa shape index (κ2) is 6.38. The summed E-state index contributed by atoms with van der Waals surface area (Å²) in [5, 5.41) is 0. The number of hydrogen-bond donors (Lipinski definition) is 1. The average molecular weight is 264 g/mol. The van der Waals surface area contributed by atoms with Crippen molar-refractivity contribution in [3.8, 4) is 0 Å². The number of piperidine rings is 1. The summed E-state index contributed by atoms with van der Waals surface area (Å²) < 4.78 is 14.1. The van der Waals surface area contributed by atoms with Crippen LogP contribution in [0.5, 0.6) is 0 Å². The number of nitrogens with two attached hydrogens (primary N) is 1. The van der Waals surface area contributed by atoms with Crippen LogP contribution in [0.2, 0.25) is 0 Å². The lowest BCUT2D eigenvalue weighted by molar-refractivity contribution is 0.403. The van der Waals surface area contributed by atoms with E-state index in [1.807, 2.05) is 19.1 Å². The Labute approximate surface area is 115 Å². The van der Waals surface area contributed by atoms with Crippen LogP contribution in [0.15, 0.2) is 18.2 Å². The monoisotopic (exact) mass is 264 g/mol. The van der Waals surface area contributed by atoms with Crippen LogP contribution in [0.1, 0.15) is 38.7 Å². The molecule has 1 aromatic rings. The Kier molecular flexibility index (Phi) is 4.81. The van der Waals surface area contributed by atoms with E-state index < -0.39 is 0 Å². The Bertz CT molecular complexity index is 417. The van der Waals surface area contributed by atoms with E-state index >= 15 is 0 Å². The maximum absolute atomic E-state index is 14.1. The van der Waals surface area contributed by atoms with Crippen molar-refractivity contribution in [3.05, 3.63) is 29.6 Å². The lowest BCUT2D eigenvalue weighted by atomic mass is 9.94. The topological polar surface area (TPSA) is 29.3 Å². The summed E-state index contributed by atoms with van der Waals surface area (Å²) in [5.41, 5.74) is 7.70. The summed E-state index contributed by atoms with van der Waals surface area (Å²) >= 11 is 0. The van der Waals surface area contributed by atoms with Gasteiger partial charge in [-0.3, -0.25) is 0 Å². The van der Waals surface area contributed by atoms with Crippen LogP contribution in [0.4, 0.5) is 10.1 Å². The fraction of sp³-hybridized carbons (Fsp3) is 0.625. The Morgan fingerprint density at radius 1 is 1.47 bits per heavy atom. The van der Waals surface area contributed by atoms with E-state index in [0.717, 1.165) is 30.3 Å². The Morgan fingerprint density at radius 3 is 2.95 bits per heavy atom. The molecule has 1 aromatic carbocycles. The number of rotatable bonds is 4. The van der Waals surface area contributed by atoms with E-state index in [4.69, 9.17) is 5.73 Å². The van der Waals surface area contributed by atoms with Crippen molar-refractivity contribution >= 4 is 5.69 Å². The SMILES string of the molecule is CCC1CCCN(c2cccc(F)c2CC(C)N)C1. The normalized spacial score (nSPS) is 21.5. The molecule has 2 unspecified atom stereocenters. The number of nitrogens with zero attached hydrogens (tertiary/aromatic N) is 1. The van der Waals surface area contributed by atoms with Crippen molar-refractivity contribution in [1.82, 2.24) is 0 Å². The van der Waals surface area contributed by atoms with Crippen LogP contribution < -0.4 is 10.6 Å². The van der Waals surface area contributed by atoms with Crippen LogP contribution in [-0.4, -0.2) is 19.1 Å². The van der Waals surface area contributed by atoms with Gasteiger partial charge in [0, 0.05) is 30.4 Å². The summed E-state index contributed by atoms with van der Waals surface area (Å²) in [6, 6.07) is 5.38. The van der Waals surface area contributed by atoms with Crippen LogP contribution >= 0.6 is 0 Å². The minimum atomic E-state index is -0.117. The van der Waals surface area contributed by atoms with Crippen LogP contribution in [0.25, 0.3) is 0 Å². The zero-order chi connectivity index (χ0) is 13.8. The van der Waals surface area contributed by atoms with Crippen LogP contribution in [-0.2, 0) is 6.42 Å². The third-order valence-electron chi connectivity index (χ3n) is 4.06. The highest BCUT2D eigenvalue weighted by atomic mass is 19.1. The lowest BCUT2D eigenvalue weighted by Gasteiger charge is -2.35. The van der Waals surface area contributed by atoms with Gasteiger partial charge in [-0.1, -0.05) is 19.4 Å². The fourth-order valence-electron chi connectivity index (χ4n) is 2.98. The molecular weight excluding hydrogens is 239 g/mol.